The zero-order valence-electron chi connectivity index (χ0n) is 11.3. The molecular weight excluding hydrogens is 250 g/mol. The van der Waals surface area contributed by atoms with Gasteiger partial charge in [-0.15, -0.1) is 0 Å². The van der Waals surface area contributed by atoms with E-state index in [1.54, 1.807) is 0 Å². The molecule has 2 atom stereocenters. The minimum absolute atomic E-state index is 0.115. The first-order valence-corrected chi connectivity index (χ1v) is 6.54. The van der Waals surface area contributed by atoms with E-state index >= 15 is 0 Å². The standard InChI is InChI=1S/C14H20F2N2O/c1-10(13-4-3-11(15)7-14(13)16)17-8-12-9-18(2)5-6-19-12/h3-4,7,10,12,17H,5-6,8-9H2,1-2H3/t10-,12+/m1/s1. The zero-order valence-corrected chi connectivity index (χ0v) is 11.3. The van der Waals surface area contributed by atoms with Gasteiger partial charge >= 0.3 is 0 Å². The topological polar surface area (TPSA) is 24.5 Å². The number of morpholine rings is 1. The van der Waals surface area contributed by atoms with Crippen molar-refractivity contribution in [1.29, 1.82) is 0 Å². The van der Waals surface area contributed by atoms with Crippen LogP contribution in [0.3, 0.4) is 0 Å². The van der Waals surface area contributed by atoms with Gasteiger partial charge in [-0.2, -0.15) is 0 Å². The molecule has 1 aromatic rings. The van der Waals surface area contributed by atoms with Crippen LogP contribution in [0, 0.1) is 11.6 Å². The molecule has 0 unspecified atom stereocenters. The fraction of sp³-hybridized carbons (Fsp3) is 0.571. The van der Waals surface area contributed by atoms with Gasteiger partial charge in [0.1, 0.15) is 11.6 Å². The van der Waals surface area contributed by atoms with Gasteiger partial charge in [-0.05, 0) is 20.0 Å². The predicted molar refractivity (Wildman–Crippen MR) is 70.0 cm³/mol. The molecule has 106 valence electrons. The van der Waals surface area contributed by atoms with Crippen molar-refractivity contribution in [2.24, 2.45) is 0 Å². The third-order valence-electron chi connectivity index (χ3n) is 3.42. The molecule has 1 aromatic carbocycles. The van der Waals surface area contributed by atoms with Crippen molar-refractivity contribution < 1.29 is 13.5 Å². The highest BCUT2D eigenvalue weighted by Crippen LogP contribution is 2.17. The highest BCUT2D eigenvalue weighted by atomic mass is 19.1. The Kier molecular flexibility index (Phi) is 4.85. The maximum atomic E-state index is 13.6. The predicted octanol–water partition coefficient (Wildman–Crippen LogP) is 1.95. The molecule has 1 aliphatic heterocycles. The lowest BCUT2D eigenvalue weighted by Crippen LogP contribution is -2.45. The van der Waals surface area contributed by atoms with Crippen molar-refractivity contribution in [2.75, 3.05) is 33.3 Å². The van der Waals surface area contributed by atoms with Crippen molar-refractivity contribution in [3.63, 3.8) is 0 Å². The second-order valence-corrected chi connectivity index (χ2v) is 5.05. The van der Waals surface area contributed by atoms with Gasteiger partial charge in [0.25, 0.3) is 0 Å². The van der Waals surface area contributed by atoms with Gasteiger partial charge in [0.15, 0.2) is 0 Å². The number of nitrogens with one attached hydrogen (secondary N) is 1. The lowest BCUT2D eigenvalue weighted by Gasteiger charge is -2.31. The van der Waals surface area contributed by atoms with E-state index in [4.69, 9.17) is 4.74 Å². The summed E-state index contributed by atoms with van der Waals surface area (Å²) in [5.74, 6) is -1.06. The average molecular weight is 270 g/mol. The van der Waals surface area contributed by atoms with E-state index in [9.17, 15) is 8.78 Å². The van der Waals surface area contributed by atoms with E-state index in [1.807, 2.05) is 6.92 Å². The SMILES string of the molecule is C[C@@H](NC[C@H]1CN(C)CCO1)c1ccc(F)cc1F. The minimum atomic E-state index is -0.550. The van der Waals surface area contributed by atoms with Crippen LogP contribution in [0.2, 0.25) is 0 Å². The maximum Gasteiger partial charge on any atom is 0.130 e. The lowest BCUT2D eigenvalue weighted by molar-refractivity contribution is -0.0191. The van der Waals surface area contributed by atoms with Crippen LogP contribution in [0.5, 0.6) is 0 Å². The summed E-state index contributed by atoms with van der Waals surface area (Å²) in [7, 11) is 2.05. The van der Waals surface area contributed by atoms with Crippen LogP contribution in [0.25, 0.3) is 0 Å². The summed E-state index contributed by atoms with van der Waals surface area (Å²) in [6.07, 6.45) is 0.115. The Bertz CT molecular complexity index is 428. The van der Waals surface area contributed by atoms with E-state index < -0.39 is 11.6 Å². The Morgan fingerprint density at radius 1 is 1.47 bits per heavy atom. The Balaban J connectivity index is 1.88. The molecule has 0 aromatic heterocycles. The Morgan fingerprint density at radius 2 is 2.26 bits per heavy atom. The molecular formula is C14H20F2N2O. The van der Waals surface area contributed by atoms with Crippen LogP contribution in [0.1, 0.15) is 18.5 Å². The van der Waals surface area contributed by atoms with Gasteiger partial charge in [-0.1, -0.05) is 6.07 Å². The maximum absolute atomic E-state index is 13.6. The molecule has 1 saturated heterocycles. The highest BCUT2D eigenvalue weighted by molar-refractivity contribution is 5.21. The molecule has 0 aliphatic carbocycles. The second kappa shape index (κ2) is 6.41. The van der Waals surface area contributed by atoms with Gasteiger partial charge in [0, 0.05) is 37.3 Å². The summed E-state index contributed by atoms with van der Waals surface area (Å²) in [6, 6.07) is 3.51. The number of likely N-dealkylation sites (N-methyl/N-ethyl adjacent to an activating group) is 1. The molecule has 2 rings (SSSR count). The van der Waals surface area contributed by atoms with Crippen LogP contribution >= 0.6 is 0 Å². The Labute approximate surface area is 112 Å². The number of ether oxygens (including phenoxy) is 1. The van der Waals surface area contributed by atoms with Crippen LogP contribution in [0.15, 0.2) is 18.2 Å². The smallest absolute Gasteiger partial charge is 0.130 e. The molecule has 1 fully saturated rings. The van der Waals surface area contributed by atoms with Crippen LogP contribution in [0.4, 0.5) is 8.78 Å². The van der Waals surface area contributed by atoms with Crippen LogP contribution < -0.4 is 5.32 Å². The third-order valence-corrected chi connectivity index (χ3v) is 3.42. The van der Waals surface area contributed by atoms with Crippen molar-refractivity contribution in [3.8, 4) is 0 Å². The Hall–Kier alpha value is -1.04. The van der Waals surface area contributed by atoms with Gasteiger partial charge in [0.05, 0.1) is 12.7 Å². The summed E-state index contributed by atoms with van der Waals surface area (Å²) in [5.41, 5.74) is 0.477. The molecule has 19 heavy (non-hydrogen) atoms. The molecule has 5 heteroatoms. The number of hydrogen-bond donors (Lipinski definition) is 1. The summed E-state index contributed by atoms with van der Waals surface area (Å²) >= 11 is 0. The van der Waals surface area contributed by atoms with Crippen LogP contribution in [-0.4, -0.2) is 44.3 Å². The first kappa shape index (κ1) is 14.4. The molecule has 1 N–H and O–H groups in total. The van der Waals surface area contributed by atoms with Crippen molar-refractivity contribution >= 4 is 0 Å². The van der Waals surface area contributed by atoms with Gasteiger partial charge < -0.3 is 15.0 Å². The van der Waals surface area contributed by atoms with Gasteiger partial charge in [0.2, 0.25) is 0 Å². The molecule has 0 saturated carbocycles. The molecule has 1 heterocycles. The summed E-state index contributed by atoms with van der Waals surface area (Å²) in [5, 5.41) is 3.24. The first-order valence-electron chi connectivity index (χ1n) is 6.54. The van der Waals surface area contributed by atoms with Gasteiger partial charge in [-0.25, -0.2) is 8.78 Å². The number of halogens is 2. The van der Waals surface area contributed by atoms with E-state index in [0.29, 0.717) is 12.1 Å². The number of nitrogens with zero attached hydrogens (tertiary/aromatic N) is 1. The first-order chi connectivity index (χ1) is 9.06. The molecule has 0 spiro atoms. The van der Waals surface area contributed by atoms with Crippen molar-refractivity contribution in [2.45, 2.75) is 19.1 Å². The van der Waals surface area contributed by atoms with Crippen molar-refractivity contribution in [1.82, 2.24) is 10.2 Å². The highest BCUT2D eigenvalue weighted by Gasteiger charge is 2.19. The quantitative estimate of drug-likeness (QED) is 0.905. The van der Waals surface area contributed by atoms with E-state index in [2.05, 4.69) is 17.3 Å². The fourth-order valence-electron chi connectivity index (χ4n) is 2.26. The second-order valence-electron chi connectivity index (χ2n) is 5.05. The fourth-order valence-corrected chi connectivity index (χ4v) is 2.26. The largest absolute Gasteiger partial charge is 0.374 e. The molecule has 0 bridgehead atoms. The lowest BCUT2D eigenvalue weighted by atomic mass is 10.1. The zero-order chi connectivity index (χ0) is 13.8. The summed E-state index contributed by atoms with van der Waals surface area (Å²) in [6.45, 7) is 5.05. The summed E-state index contributed by atoms with van der Waals surface area (Å²) < 4.78 is 32.1. The minimum Gasteiger partial charge on any atom is -0.374 e. The van der Waals surface area contributed by atoms with E-state index in [0.717, 1.165) is 25.8 Å². The monoisotopic (exact) mass is 270 g/mol. The van der Waals surface area contributed by atoms with Crippen LogP contribution in [-0.2, 0) is 4.74 Å². The number of rotatable bonds is 4. The van der Waals surface area contributed by atoms with Crippen molar-refractivity contribution in [3.05, 3.63) is 35.4 Å². The molecule has 1 aliphatic rings. The van der Waals surface area contributed by atoms with E-state index in [1.165, 1.54) is 12.1 Å². The average Bonchev–Trinajstić information content (AvgIpc) is 2.36. The normalized spacial score (nSPS) is 22.4. The molecule has 0 radical (unpaired) electrons. The Morgan fingerprint density at radius 3 is 2.95 bits per heavy atom. The number of hydrogen-bond acceptors (Lipinski definition) is 3. The summed E-state index contributed by atoms with van der Waals surface area (Å²) in [4.78, 5) is 2.21. The van der Waals surface area contributed by atoms with E-state index in [-0.39, 0.29) is 12.1 Å². The molecule has 3 nitrogen and oxygen atoms in total. The molecule has 0 amide bonds. The number of benzene rings is 1. The van der Waals surface area contributed by atoms with Gasteiger partial charge in [-0.3, -0.25) is 0 Å². The third kappa shape index (κ3) is 3.96.